The minimum atomic E-state index is -0.199. The molecular formula is C43H36BrCl2N3O3S. The molecule has 6 nitrogen and oxygen atoms in total. The average Bonchev–Trinajstić information content (AvgIpc) is 3.50. The van der Waals surface area contributed by atoms with Crippen molar-refractivity contribution in [2.75, 3.05) is 24.6 Å². The van der Waals surface area contributed by atoms with E-state index in [4.69, 9.17) is 37.7 Å². The van der Waals surface area contributed by atoms with Gasteiger partial charge in [-0.1, -0.05) is 89.9 Å². The Morgan fingerprint density at radius 2 is 1.55 bits per heavy atom. The molecule has 1 N–H and O–H groups in total. The Morgan fingerprint density at radius 3 is 2.17 bits per heavy atom. The number of carbonyl (C=O) groups excluding carboxylic acids is 1. The van der Waals surface area contributed by atoms with Gasteiger partial charge in [-0.3, -0.25) is 4.79 Å². The van der Waals surface area contributed by atoms with Crippen molar-refractivity contribution in [2.45, 2.75) is 38.2 Å². The number of hydrogen-bond acceptors (Lipinski definition) is 6. The molecular weight excluding hydrogens is 789 g/mol. The predicted molar refractivity (Wildman–Crippen MR) is 221 cm³/mol. The number of hydrogen-bond donors (Lipinski definition) is 1. The highest BCUT2D eigenvalue weighted by Gasteiger charge is 2.35. The molecule has 0 bridgehead atoms. The number of nitrogens with zero attached hydrogens (tertiary/aromatic N) is 2. The van der Waals surface area contributed by atoms with Gasteiger partial charge in [0.05, 0.1) is 21.7 Å². The van der Waals surface area contributed by atoms with Crippen LogP contribution in [-0.2, 0) is 11.4 Å². The maximum atomic E-state index is 13.4. The molecule has 5 aromatic rings. The summed E-state index contributed by atoms with van der Waals surface area (Å²) in [6.07, 6.45) is 3.94. The van der Waals surface area contributed by atoms with Crippen molar-refractivity contribution in [3.63, 3.8) is 0 Å². The van der Waals surface area contributed by atoms with Gasteiger partial charge in [-0.05, 0) is 118 Å². The highest BCUT2D eigenvalue weighted by atomic mass is 79.9. The van der Waals surface area contributed by atoms with Crippen molar-refractivity contribution in [1.29, 1.82) is 0 Å². The van der Waals surface area contributed by atoms with E-state index in [0.717, 1.165) is 42.7 Å². The molecule has 3 aliphatic rings. The molecule has 3 heterocycles. The van der Waals surface area contributed by atoms with Gasteiger partial charge in [0.25, 0.3) is 5.91 Å². The van der Waals surface area contributed by atoms with Gasteiger partial charge in [0.1, 0.15) is 6.61 Å². The molecule has 10 heteroatoms. The van der Waals surface area contributed by atoms with E-state index in [1.807, 2.05) is 31.2 Å². The van der Waals surface area contributed by atoms with Crippen molar-refractivity contribution in [3.8, 4) is 11.5 Å². The SMILES string of the molecule is CCOc1cc(/C=C2\SC(=Nc3cc4c5c(c3)[C@H](c3ccccc3)CCN5CC[C@H]4c3ccccc3)NC2=O)cc(Br)c1OCc1ccc(Cl)cc1Cl. The van der Waals surface area contributed by atoms with E-state index < -0.39 is 0 Å². The molecule has 0 radical (unpaired) electrons. The Hall–Kier alpha value is -4.21. The molecule has 0 aliphatic carbocycles. The van der Waals surface area contributed by atoms with Gasteiger partial charge in [0.15, 0.2) is 16.7 Å². The summed E-state index contributed by atoms with van der Waals surface area (Å²) in [6.45, 7) is 4.64. The van der Waals surface area contributed by atoms with Crippen LogP contribution in [0.2, 0.25) is 10.0 Å². The lowest BCUT2D eigenvalue weighted by Crippen LogP contribution is -2.37. The first-order valence-corrected chi connectivity index (χ1v) is 20.1. The fourth-order valence-electron chi connectivity index (χ4n) is 7.52. The lowest BCUT2D eigenvalue weighted by atomic mass is 9.76. The van der Waals surface area contributed by atoms with E-state index in [0.29, 0.717) is 42.7 Å². The molecule has 8 rings (SSSR count). The molecule has 1 saturated heterocycles. The highest BCUT2D eigenvalue weighted by molar-refractivity contribution is 9.10. The molecule has 53 heavy (non-hydrogen) atoms. The monoisotopic (exact) mass is 823 g/mol. The summed E-state index contributed by atoms with van der Waals surface area (Å²) in [7, 11) is 0. The fraction of sp³-hybridized carbons (Fsp3) is 0.209. The number of anilines is 1. The van der Waals surface area contributed by atoms with Crippen LogP contribution in [0.5, 0.6) is 11.5 Å². The third kappa shape index (κ3) is 7.60. The van der Waals surface area contributed by atoms with Crippen LogP contribution in [0, 0.1) is 0 Å². The minimum Gasteiger partial charge on any atom is -0.490 e. The zero-order chi connectivity index (χ0) is 36.5. The van der Waals surface area contributed by atoms with Crippen LogP contribution < -0.4 is 19.7 Å². The molecule has 2 atom stereocenters. The van der Waals surface area contributed by atoms with Crippen LogP contribution in [-0.4, -0.2) is 30.8 Å². The van der Waals surface area contributed by atoms with E-state index in [1.165, 1.54) is 39.7 Å². The number of carbonyl (C=O) groups is 1. The third-order valence-electron chi connectivity index (χ3n) is 9.90. The number of thioether (sulfide) groups is 1. The highest BCUT2D eigenvalue weighted by Crippen LogP contribution is 2.50. The van der Waals surface area contributed by atoms with Crippen LogP contribution in [0.25, 0.3) is 6.08 Å². The fourth-order valence-corrected chi connectivity index (χ4v) is 9.40. The topological polar surface area (TPSA) is 63.2 Å². The molecule has 0 spiro atoms. The summed E-state index contributed by atoms with van der Waals surface area (Å²) in [6, 6.07) is 35.1. The van der Waals surface area contributed by atoms with Crippen LogP contribution in [0.3, 0.4) is 0 Å². The molecule has 0 saturated carbocycles. The van der Waals surface area contributed by atoms with Crippen LogP contribution in [0.1, 0.15) is 65.0 Å². The van der Waals surface area contributed by atoms with Gasteiger partial charge >= 0.3 is 0 Å². The van der Waals surface area contributed by atoms with Gasteiger partial charge in [-0.15, -0.1) is 0 Å². The van der Waals surface area contributed by atoms with Crippen molar-refractivity contribution in [2.24, 2.45) is 4.99 Å². The molecule has 0 aromatic heterocycles. The minimum absolute atomic E-state index is 0.199. The summed E-state index contributed by atoms with van der Waals surface area (Å²) in [5.74, 6) is 1.43. The molecule has 5 aromatic carbocycles. The lowest BCUT2D eigenvalue weighted by Gasteiger charge is -2.43. The number of amidine groups is 1. The van der Waals surface area contributed by atoms with Gasteiger partial charge < -0.3 is 19.7 Å². The second-order valence-electron chi connectivity index (χ2n) is 13.2. The number of rotatable bonds is 9. The van der Waals surface area contributed by atoms with E-state index in [9.17, 15) is 4.79 Å². The largest absolute Gasteiger partial charge is 0.490 e. The van der Waals surface area contributed by atoms with Crippen molar-refractivity contribution >= 4 is 79.4 Å². The second kappa shape index (κ2) is 15.6. The number of ether oxygens (including phenoxy) is 2. The summed E-state index contributed by atoms with van der Waals surface area (Å²) in [5, 5.41) is 4.66. The van der Waals surface area contributed by atoms with Crippen LogP contribution in [0.15, 0.2) is 117 Å². The standard InChI is InChI=1S/C43H36BrCl2N3O3S/c1-2-51-38-20-26(19-36(44)41(38)52-25-29-13-14-30(45)22-37(29)46)21-39-42(50)48-43(53-39)47-31-23-34-32(27-9-5-3-6-10-27)15-17-49-18-16-33(35(24-31)40(34)49)28-11-7-4-8-12-28/h3-14,19-24,32-33H,2,15-18,25H2,1H3,(H,47,48,50)/b39-21-/t32-,33-/m0/s1. The van der Waals surface area contributed by atoms with Crippen LogP contribution >= 0.6 is 50.9 Å². The van der Waals surface area contributed by atoms with E-state index in [-0.39, 0.29) is 24.3 Å². The number of nitrogens with one attached hydrogen (secondary N) is 1. The first-order chi connectivity index (χ1) is 25.8. The average molecular weight is 826 g/mol. The molecule has 0 unspecified atom stereocenters. The van der Waals surface area contributed by atoms with Gasteiger partial charge in [0.2, 0.25) is 0 Å². The zero-order valence-electron chi connectivity index (χ0n) is 29.0. The molecule has 1 fully saturated rings. The quantitative estimate of drug-likeness (QED) is 0.150. The smallest absolute Gasteiger partial charge is 0.264 e. The van der Waals surface area contributed by atoms with Gasteiger partial charge in [-0.25, -0.2) is 4.99 Å². The first-order valence-electron chi connectivity index (χ1n) is 17.7. The van der Waals surface area contributed by atoms with Crippen molar-refractivity contribution in [1.82, 2.24) is 5.32 Å². The van der Waals surface area contributed by atoms with Crippen molar-refractivity contribution in [3.05, 3.63) is 156 Å². The zero-order valence-corrected chi connectivity index (χ0v) is 32.9. The summed E-state index contributed by atoms with van der Waals surface area (Å²) < 4.78 is 12.8. The Kier molecular flexibility index (Phi) is 10.6. The normalized spacial score (nSPS) is 19.3. The summed E-state index contributed by atoms with van der Waals surface area (Å²) in [4.78, 5) is 21.5. The van der Waals surface area contributed by atoms with Gasteiger partial charge in [0, 0.05) is 46.2 Å². The van der Waals surface area contributed by atoms with E-state index in [2.05, 4.69) is 98.9 Å². The maximum absolute atomic E-state index is 13.4. The summed E-state index contributed by atoms with van der Waals surface area (Å²) >= 11 is 17.5. The molecule has 3 aliphatic heterocycles. The Morgan fingerprint density at radius 1 is 0.887 bits per heavy atom. The van der Waals surface area contributed by atoms with Gasteiger partial charge in [-0.2, -0.15) is 0 Å². The molecule has 1 amide bonds. The lowest BCUT2D eigenvalue weighted by molar-refractivity contribution is -0.115. The third-order valence-corrected chi connectivity index (χ3v) is 12.0. The number of benzene rings is 5. The number of aliphatic imine (C=N–C) groups is 1. The Labute approximate surface area is 332 Å². The van der Waals surface area contributed by atoms with Crippen molar-refractivity contribution < 1.29 is 14.3 Å². The van der Waals surface area contributed by atoms with Crippen LogP contribution in [0.4, 0.5) is 11.4 Å². The maximum Gasteiger partial charge on any atom is 0.264 e. The van der Waals surface area contributed by atoms with E-state index in [1.54, 1.807) is 12.1 Å². The second-order valence-corrected chi connectivity index (χ2v) is 16.0. The number of amides is 1. The Bertz CT molecular complexity index is 2180. The Balaban J connectivity index is 1.11. The molecule has 268 valence electrons. The predicted octanol–water partition coefficient (Wildman–Crippen LogP) is 11.5. The summed E-state index contributed by atoms with van der Waals surface area (Å²) in [5.41, 5.74) is 9.02. The van der Waals surface area contributed by atoms with E-state index >= 15 is 0 Å². The first kappa shape index (κ1) is 35.8. The number of halogens is 3.